The molecule has 9 aliphatic heterocycles. The largest absolute Gasteiger partial charge is 0.486 e. The van der Waals surface area contributed by atoms with E-state index in [4.69, 9.17) is 56.8 Å². The normalized spacial score (nSPS) is 21.6. The molecule has 15 heterocycles. The molecule has 9 aliphatic rings. The average molecular weight is 1740 g/mol. The third-order valence-electron chi connectivity index (χ3n) is 23.0. The maximum atomic E-state index is 13.4. The van der Waals surface area contributed by atoms with Gasteiger partial charge in [0.15, 0.2) is 18.9 Å². The number of aldehydes is 3. The summed E-state index contributed by atoms with van der Waals surface area (Å²) in [6.45, 7) is 6.09. The fraction of sp³-hybridized carbons (Fsp3) is 0.517. The van der Waals surface area contributed by atoms with Gasteiger partial charge in [0.1, 0.15) is 147 Å². The number of hydrogen-bond donors (Lipinski definition) is 3. The van der Waals surface area contributed by atoms with Gasteiger partial charge in [-0.05, 0) is 112 Å². The maximum absolute atomic E-state index is 13.4. The molecule has 0 unspecified atom stereocenters. The molecule has 126 heavy (non-hydrogen) atoms. The van der Waals surface area contributed by atoms with Crippen molar-refractivity contribution < 1.29 is 100.0 Å². The van der Waals surface area contributed by atoms with Crippen LogP contribution in [0, 0.1) is 34.0 Å². The number of carbonyl (C=O) groups excluding carboxylic acids is 9. The first kappa shape index (κ1) is 91.3. The topological polar surface area (TPSA) is 469 Å². The van der Waals surface area contributed by atoms with Crippen LogP contribution in [0.4, 0.5) is 49.3 Å². The van der Waals surface area contributed by atoms with E-state index >= 15 is 0 Å². The van der Waals surface area contributed by atoms with E-state index in [1.165, 1.54) is 51.5 Å². The zero-order valence-electron chi connectivity index (χ0n) is 71.1. The van der Waals surface area contributed by atoms with Gasteiger partial charge in [0.25, 0.3) is 17.7 Å². The Morgan fingerprint density at radius 3 is 1.01 bits per heavy atom. The highest BCUT2D eigenvalue weighted by Gasteiger charge is 2.38. The SMILES string of the molecule is CO[C@@H]1CCOC[C@H]1Oc1cc(NC(=O)N2CCCc3cc(CN(C)C(=O)[C@H]4CCCO4)c(C=O)nc32)ncc1C#N.CO[C@@H]1COCC[C@H]1Oc1cc(NC(=O)N2CCCc3cc(CN(C)C(=O)[C@H]4CCCO4)c(C=O)nc32)ncc1C#N.CO[C@H]1CCOC[C@@H]1Oc1cc(NC(=O)N2CCCc3cc(CN(C)C(=O)[C@H]4CCCO4)c(C=O)nc32)ncc1C#N. The fourth-order valence-corrected chi connectivity index (χ4v) is 16.3. The molecule has 6 saturated heterocycles. The lowest BCUT2D eigenvalue weighted by molar-refractivity contribution is -0.140. The van der Waals surface area contributed by atoms with Crippen LogP contribution in [0.1, 0.15) is 159 Å². The van der Waals surface area contributed by atoms with Gasteiger partial charge in [0, 0.05) is 169 Å². The van der Waals surface area contributed by atoms with Gasteiger partial charge in [-0.3, -0.25) is 59.4 Å². The number of nitrogens with zero attached hydrogens (tertiary/aromatic N) is 15. The summed E-state index contributed by atoms with van der Waals surface area (Å²) in [5, 5.41) is 37.0. The number of nitriles is 3. The van der Waals surface area contributed by atoms with Gasteiger partial charge in [0.05, 0.1) is 57.2 Å². The number of ether oxygens (including phenoxy) is 12. The highest BCUT2D eigenvalue weighted by atomic mass is 16.6. The fourth-order valence-electron chi connectivity index (χ4n) is 16.3. The summed E-state index contributed by atoms with van der Waals surface area (Å²) in [5.41, 5.74) is 5.37. The Morgan fingerprint density at radius 2 is 0.722 bits per heavy atom. The van der Waals surface area contributed by atoms with Gasteiger partial charge in [-0.25, -0.2) is 44.3 Å². The number of urea groups is 3. The number of carbonyl (C=O) groups is 9. The molecule has 0 aromatic carbocycles. The minimum atomic E-state index is -0.488. The predicted octanol–water partition coefficient (Wildman–Crippen LogP) is 7.40. The molecule has 0 spiro atoms. The number of nitrogens with one attached hydrogen (secondary N) is 3. The average Bonchev–Trinajstić information content (AvgIpc) is 0.975. The van der Waals surface area contributed by atoms with Crippen molar-refractivity contribution in [2.75, 3.05) is 152 Å². The lowest BCUT2D eigenvalue weighted by Gasteiger charge is -2.31. The number of aryl methyl sites for hydroxylation is 3. The minimum absolute atomic E-state index is 0.129. The van der Waals surface area contributed by atoms with Crippen molar-refractivity contribution in [2.45, 2.75) is 171 Å². The molecule has 666 valence electrons. The lowest BCUT2D eigenvalue weighted by atomic mass is 10.0. The molecular formula is C87H102N18O21. The van der Waals surface area contributed by atoms with Crippen LogP contribution >= 0.6 is 0 Å². The van der Waals surface area contributed by atoms with Crippen LogP contribution in [0.5, 0.6) is 17.2 Å². The van der Waals surface area contributed by atoms with Gasteiger partial charge >= 0.3 is 18.1 Å². The number of likely N-dealkylation sites (N-methyl/N-ethyl adjacent to an activating group) is 3. The zero-order valence-corrected chi connectivity index (χ0v) is 71.1. The van der Waals surface area contributed by atoms with Crippen molar-refractivity contribution in [3.8, 4) is 35.5 Å². The molecule has 9 amide bonds. The zero-order chi connectivity index (χ0) is 88.9. The molecule has 6 aromatic heterocycles. The van der Waals surface area contributed by atoms with Gasteiger partial charge < -0.3 is 71.5 Å². The third-order valence-corrected chi connectivity index (χ3v) is 23.0. The Hall–Kier alpha value is -12.4. The van der Waals surface area contributed by atoms with E-state index in [0.717, 1.165) is 36.0 Å². The molecule has 39 nitrogen and oxygen atoms in total. The van der Waals surface area contributed by atoms with E-state index in [-0.39, 0.29) is 130 Å². The molecule has 39 heteroatoms. The van der Waals surface area contributed by atoms with Crippen molar-refractivity contribution >= 4 is 89.6 Å². The Labute approximate surface area is 727 Å². The molecule has 0 bridgehead atoms. The molecule has 3 N–H and O–H groups in total. The smallest absolute Gasteiger partial charge is 0.328 e. The minimum Gasteiger partial charge on any atom is -0.486 e. The second kappa shape index (κ2) is 43.5. The first-order chi connectivity index (χ1) is 61.2. The van der Waals surface area contributed by atoms with Crippen molar-refractivity contribution in [1.82, 2.24) is 44.6 Å². The number of pyridine rings is 6. The van der Waals surface area contributed by atoms with Crippen molar-refractivity contribution in [1.29, 1.82) is 15.8 Å². The van der Waals surface area contributed by atoms with E-state index in [0.29, 0.717) is 209 Å². The number of anilines is 6. The number of rotatable bonds is 24. The summed E-state index contributed by atoms with van der Waals surface area (Å²) in [6.07, 6.45) is 13.2. The van der Waals surface area contributed by atoms with Crippen LogP contribution in [0.15, 0.2) is 55.0 Å². The molecule has 15 rings (SSSR count). The Bertz CT molecular complexity index is 4610. The molecule has 0 aliphatic carbocycles. The van der Waals surface area contributed by atoms with E-state index in [2.05, 4.69) is 64.1 Å². The van der Waals surface area contributed by atoms with E-state index in [1.54, 1.807) is 57.2 Å². The highest BCUT2D eigenvalue weighted by molar-refractivity contribution is 6.04. The van der Waals surface area contributed by atoms with Crippen LogP contribution in [0.25, 0.3) is 0 Å². The summed E-state index contributed by atoms with van der Waals surface area (Å²) >= 11 is 0. The molecular weight excluding hydrogens is 1630 g/mol. The summed E-state index contributed by atoms with van der Waals surface area (Å²) in [4.78, 5) is 150. The quantitative estimate of drug-likeness (QED) is 0.0497. The Morgan fingerprint density at radius 1 is 0.421 bits per heavy atom. The monoisotopic (exact) mass is 1730 g/mol. The highest BCUT2D eigenvalue weighted by Crippen LogP contribution is 2.36. The van der Waals surface area contributed by atoms with Gasteiger partial charge in [-0.2, -0.15) is 15.8 Å². The number of amides is 9. The molecule has 6 fully saturated rings. The number of fused-ring (bicyclic) bond motifs is 3. The van der Waals surface area contributed by atoms with Crippen LogP contribution in [-0.4, -0.2) is 276 Å². The van der Waals surface area contributed by atoms with Gasteiger partial charge in [0.2, 0.25) is 0 Å². The molecule has 6 aromatic rings. The van der Waals surface area contributed by atoms with Crippen molar-refractivity contribution in [3.63, 3.8) is 0 Å². The Balaban J connectivity index is 0.000000162. The summed E-state index contributed by atoms with van der Waals surface area (Å²) in [6, 6.07) is 14.8. The second-order valence-electron chi connectivity index (χ2n) is 31.5. The molecule has 0 radical (unpaired) electrons. The summed E-state index contributed by atoms with van der Waals surface area (Å²) in [7, 11) is 9.81. The number of methoxy groups -OCH3 is 3. The van der Waals surface area contributed by atoms with Gasteiger partial charge in [-0.15, -0.1) is 0 Å². The number of aromatic nitrogens is 6. The van der Waals surface area contributed by atoms with E-state index < -0.39 is 48.6 Å². The van der Waals surface area contributed by atoms with Crippen molar-refractivity contribution in [2.24, 2.45) is 0 Å². The first-order valence-corrected chi connectivity index (χ1v) is 42.1. The van der Waals surface area contributed by atoms with Crippen LogP contribution < -0.4 is 44.9 Å². The van der Waals surface area contributed by atoms with E-state index in [9.17, 15) is 58.9 Å². The van der Waals surface area contributed by atoms with Crippen LogP contribution in [0.3, 0.4) is 0 Å². The first-order valence-electron chi connectivity index (χ1n) is 42.1. The lowest BCUT2D eigenvalue weighted by Crippen LogP contribution is -2.42. The van der Waals surface area contributed by atoms with Crippen molar-refractivity contribution in [3.05, 3.63) is 122 Å². The van der Waals surface area contributed by atoms with Crippen LogP contribution in [-0.2, 0) is 95.9 Å². The maximum Gasteiger partial charge on any atom is 0.328 e. The Kier molecular flexibility index (Phi) is 31.5. The number of hydrogen-bond acceptors (Lipinski definition) is 30. The van der Waals surface area contributed by atoms with E-state index in [1.807, 2.05) is 18.2 Å². The predicted molar refractivity (Wildman–Crippen MR) is 448 cm³/mol. The van der Waals surface area contributed by atoms with Crippen LogP contribution in [0.2, 0.25) is 0 Å². The molecule has 9 atom stereocenters. The van der Waals surface area contributed by atoms with Gasteiger partial charge in [-0.1, -0.05) is 0 Å². The standard InChI is InChI=1S/3C29H34N6O7/c1-34(28(37)23-6-4-9-41-23)15-19-11-18-5-3-8-35(27(18)32-21(19)16-36)29(38)33-26-12-24(20(13-30)14-31-26)42-22-7-10-40-17-25(22)39-2;2*1-34(28(37)23-6-4-9-41-23)15-19-11-18-5-3-8-35(27(18)32-21(19)16-36)29(38)33-26-12-24(20(13-30)14-31-26)42-25-17-40-10-7-22(25)39-2/h3*11-12,14,16,22-23,25H,3-10,15,17H2,1-2H3,(H,31,33,38)/t22-,23-,25-;22-,23+,25-;22-,23-,25-/m101/s1. The second-order valence-corrected chi connectivity index (χ2v) is 31.5. The molecule has 0 saturated carbocycles. The summed E-state index contributed by atoms with van der Waals surface area (Å²) in [5.74, 6) is 2.12. The third kappa shape index (κ3) is 22.1. The summed E-state index contributed by atoms with van der Waals surface area (Å²) < 4.78 is 67.7.